The molecule has 0 aliphatic rings. The van der Waals surface area contributed by atoms with Crippen LogP contribution in [0.15, 0.2) is 124 Å². The van der Waals surface area contributed by atoms with Gasteiger partial charge in [0.2, 0.25) is 5.89 Å². The van der Waals surface area contributed by atoms with Crippen molar-refractivity contribution < 1.29 is 8.83 Å². The zero-order valence-electron chi connectivity index (χ0n) is 18.7. The maximum absolute atomic E-state index is 6.20. The van der Waals surface area contributed by atoms with E-state index in [9.17, 15) is 0 Å². The summed E-state index contributed by atoms with van der Waals surface area (Å²) in [5.41, 5.74) is 8.66. The molecule has 0 saturated heterocycles. The Morgan fingerprint density at radius 3 is 1.94 bits per heavy atom. The minimum atomic E-state index is 0.627. The Balaban J connectivity index is 1.14. The van der Waals surface area contributed by atoms with Crippen molar-refractivity contribution in [3.8, 4) is 22.6 Å². The quantitative estimate of drug-likeness (QED) is 0.290. The molecule has 0 atom stereocenters. The monoisotopic (exact) mass is 452 g/mol. The summed E-state index contributed by atoms with van der Waals surface area (Å²) >= 11 is 0. The van der Waals surface area contributed by atoms with Gasteiger partial charge in [-0.2, -0.15) is 0 Å². The number of fused-ring (bicyclic) bond motifs is 4. The Morgan fingerprint density at radius 2 is 1.17 bits per heavy atom. The Kier molecular flexibility index (Phi) is 4.42. The summed E-state index contributed by atoms with van der Waals surface area (Å²) in [6.45, 7) is 0. The lowest BCUT2D eigenvalue weighted by molar-refractivity contribution is 0.620. The second kappa shape index (κ2) is 7.89. The van der Waals surface area contributed by atoms with Crippen molar-refractivity contribution in [3.05, 3.63) is 115 Å². The van der Waals surface area contributed by atoms with Crippen LogP contribution >= 0.6 is 0 Å². The number of hydrogen-bond acceptors (Lipinski definition) is 4. The highest BCUT2D eigenvalue weighted by molar-refractivity contribution is 6.09. The Bertz CT molecular complexity index is 1780. The zero-order chi connectivity index (χ0) is 23.2. The van der Waals surface area contributed by atoms with Crippen LogP contribution in [0.2, 0.25) is 0 Å². The number of anilines is 2. The van der Waals surface area contributed by atoms with E-state index in [1.165, 1.54) is 0 Å². The predicted octanol–water partition coefficient (Wildman–Crippen LogP) is 8.80. The molecule has 166 valence electrons. The van der Waals surface area contributed by atoms with Crippen LogP contribution in [-0.4, -0.2) is 4.98 Å². The molecule has 4 nitrogen and oxygen atoms in total. The number of nitrogens with one attached hydrogen (secondary N) is 1. The van der Waals surface area contributed by atoms with Gasteiger partial charge in [-0.25, -0.2) is 4.98 Å². The van der Waals surface area contributed by atoms with E-state index in [-0.39, 0.29) is 0 Å². The van der Waals surface area contributed by atoms with Gasteiger partial charge in [-0.3, -0.25) is 0 Å². The molecule has 5 aromatic carbocycles. The minimum Gasteiger partial charge on any atom is -0.455 e. The smallest absolute Gasteiger partial charge is 0.227 e. The molecule has 0 bridgehead atoms. The molecule has 0 radical (unpaired) electrons. The van der Waals surface area contributed by atoms with Gasteiger partial charge in [0.15, 0.2) is 5.58 Å². The average Bonchev–Trinajstić information content (AvgIpc) is 3.51. The van der Waals surface area contributed by atoms with E-state index < -0.39 is 0 Å². The fourth-order valence-electron chi connectivity index (χ4n) is 4.57. The van der Waals surface area contributed by atoms with Crippen molar-refractivity contribution in [2.45, 2.75) is 0 Å². The van der Waals surface area contributed by atoms with E-state index in [2.05, 4.69) is 58.8 Å². The highest BCUT2D eigenvalue weighted by Crippen LogP contribution is 2.36. The van der Waals surface area contributed by atoms with Crippen molar-refractivity contribution in [2.75, 3.05) is 5.32 Å². The van der Waals surface area contributed by atoms with E-state index in [4.69, 9.17) is 8.83 Å². The molecule has 4 heteroatoms. The molecular weight excluding hydrogens is 432 g/mol. The summed E-state index contributed by atoms with van der Waals surface area (Å²) in [6.07, 6.45) is 0. The van der Waals surface area contributed by atoms with Gasteiger partial charge in [0.05, 0.1) is 0 Å². The molecule has 0 spiro atoms. The first-order chi connectivity index (χ1) is 17.3. The topological polar surface area (TPSA) is 51.2 Å². The molecule has 7 rings (SSSR count). The van der Waals surface area contributed by atoms with Crippen molar-refractivity contribution in [2.24, 2.45) is 0 Å². The number of benzene rings is 5. The number of furan rings is 1. The van der Waals surface area contributed by atoms with Gasteiger partial charge in [-0.15, -0.1) is 0 Å². The second-order valence-corrected chi connectivity index (χ2v) is 8.55. The van der Waals surface area contributed by atoms with Gasteiger partial charge in [0.1, 0.15) is 16.7 Å². The zero-order valence-corrected chi connectivity index (χ0v) is 18.7. The molecule has 2 heterocycles. The summed E-state index contributed by atoms with van der Waals surface area (Å²) < 4.78 is 12.1. The SMILES string of the molecule is c1ccc2oc(-c3ccc(Nc4ccc(-c5cccc6c5oc5ccccc56)cc4)cc3)nc2c1. The number of oxazole rings is 1. The van der Waals surface area contributed by atoms with Gasteiger partial charge in [-0.1, -0.05) is 60.7 Å². The summed E-state index contributed by atoms with van der Waals surface area (Å²) in [5.74, 6) is 0.627. The third-order valence-electron chi connectivity index (χ3n) is 6.31. The molecule has 1 N–H and O–H groups in total. The third-order valence-corrected chi connectivity index (χ3v) is 6.31. The van der Waals surface area contributed by atoms with Gasteiger partial charge < -0.3 is 14.2 Å². The predicted molar refractivity (Wildman–Crippen MR) is 142 cm³/mol. The fraction of sp³-hybridized carbons (Fsp3) is 0. The van der Waals surface area contributed by atoms with Gasteiger partial charge in [0, 0.05) is 33.3 Å². The number of rotatable bonds is 4. The first-order valence-electron chi connectivity index (χ1n) is 11.6. The lowest BCUT2D eigenvalue weighted by Gasteiger charge is -2.09. The van der Waals surface area contributed by atoms with Crippen molar-refractivity contribution in [3.63, 3.8) is 0 Å². The summed E-state index contributed by atoms with van der Waals surface area (Å²) in [7, 11) is 0. The summed E-state index contributed by atoms with van der Waals surface area (Å²) in [4.78, 5) is 4.58. The number of nitrogens with zero attached hydrogens (tertiary/aromatic N) is 1. The fourth-order valence-corrected chi connectivity index (χ4v) is 4.57. The van der Waals surface area contributed by atoms with Crippen molar-refractivity contribution >= 4 is 44.4 Å². The van der Waals surface area contributed by atoms with Crippen LogP contribution in [0.4, 0.5) is 11.4 Å². The normalized spacial score (nSPS) is 11.4. The molecule has 0 saturated carbocycles. The first kappa shape index (κ1) is 19.6. The molecule has 0 unspecified atom stereocenters. The highest BCUT2D eigenvalue weighted by atomic mass is 16.3. The standard InChI is InChI=1S/C31H20N2O2/c1-3-10-28-25(6-1)26-8-5-7-24(30(26)34-28)20-12-16-22(17-13-20)32-23-18-14-21(15-19-23)31-33-27-9-2-4-11-29(27)35-31/h1-19,32H. The van der Waals surface area contributed by atoms with Crippen LogP contribution in [-0.2, 0) is 0 Å². The van der Waals surface area contributed by atoms with Crippen LogP contribution < -0.4 is 5.32 Å². The largest absolute Gasteiger partial charge is 0.455 e. The molecular formula is C31H20N2O2. The number of aromatic nitrogens is 1. The van der Waals surface area contributed by atoms with E-state index >= 15 is 0 Å². The second-order valence-electron chi connectivity index (χ2n) is 8.55. The van der Waals surface area contributed by atoms with Crippen molar-refractivity contribution in [1.29, 1.82) is 0 Å². The lowest BCUT2D eigenvalue weighted by atomic mass is 10.0. The number of para-hydroxylation sites is 4. The van der Waals surface area contributed by atoms with Gasteiger partial charge in [0.25, 0.3) is 0 Å². The molecule has 0 fully saturated rings. The van der Waals surface area contributed by atoms with Crippen LogP contribution in [0, 0.1) is 0 Å². The van der Waals surface area contributed by atoms with E-state index in [0.29, 0.717) is 5.89 Å². The Hall–Kier alpha value is -4.83. The average molecular weight is 453 g/mol. The van der Waals surface area contributed by atoms with Crippen molar-refractivity contribution in [1.82, 2.24) is 4.98 Å². The molecule has 35 heavy (non-hydrogen) atoms. The minimum absolute atomic E-state index is 0.627. The van der Waals surface area contributed by atoms with Crippen LogP contribution in [0.3, 0.4) is 0 Å². The molecule has 2 aromatic heterocycles. The van der Waals surface area contributed by atoms with Crippen LogP contribution in [0.1, 0.15) is 0 Å². The first-order valence-corrected chi connectivity index (χ1v) is 11.6. The Labute approximate surface area is 201 Å². The molecule has 7 aromatic rings. The van der Waals surface area contributed by atoms with E-state index in [0.717, 1.165) is 61.1 Å². The van der Waals surface area contributed by atoms with E-state index in [1.54, 1.807) is 0 Å². The molecule has 0 aliphatic carbocycles. The number of hydrogen-bond donors (Lipinski definition) is 1. The molecule has 0 aliphatic heterocycles. The van der Waals surface area contributed by atoms with Gasteiger partial charge in [-0.05, 0) is 60.2 Å². The lowest BCUT2D eigenvalue weighted by Crippen LogP contribution is -1.90. The third kappa shape index (κ3) is 3.44. The summed E-state index contributed by atoms with van der Waals surface area (Å²) in [5, 5.41) is 5.75. The van der Waals surface area contributed by atoms with E-state index in [1.807, 2.05) is 66.7 Å². The highest BCUT2D eigenvalue weighted by Gasteiger charge is 2.12. The van der Waals surface area contributed by atoms with Crippen LogP contribution in [0.5, 0.6) is 0 Å². The maximum Gasteiger partial charge on any atom is 0.227 e. The Morgan fingerprint density at radius 1 is 0.514 bits per heavy atom. The van der Waals surface area contributed by atoms with Crippen LogP contribution in [0.25, 0.3) is 55.6 Å². The summed E-state index contributed by atoms with van der Waals surface area (Å²) in [6, 6.07) is 38.8. The van der Waals surface area contributed by atoms with Gasteiger partial charge >= 0.3 is 0 Å². The maximum atomic E-state index is 6.20. The molecule has 0 amide bonds.